The standard InChI is InChI=1S/C19H17F6O2P/c20-18(21,22)14-10-6-11-15(19(23,24)25)16(14)17(26)28(27)12-5-4-9-13-7-2-1-3-8-13/h1-3,6-8,10-11,28H,4-5,9,12H2. The molecule has 0 aliphatic heterocycles. The van der Waals surface area contributed by atoms with Gasteiger partial charge in [0.1, 0.15) is 7.80 Å². The number of rotatable bonds is 7. The zero-order valence-electron chi connectivity index (χ0n) is 14.5. The minimum absolute atomic E-state index is 0.236. The summed E-state index contributed by atoms with van der Waals surface area (Å²) in [4.78, 5) is 12.3. The Labute approximate surface area is 158 Å². The monoisotopic (exact) mass is 422 g/mol. The van der Waals surface area contributed by atoms with Crippen molar-refractivity contribution in [3.8, 4) is 0 Å². The lowest BCUT2D eigenvalue weighted by Gasteiger charge is -2.17. The summed E-state index contributed by atoms with van der Waals surface area (Å²) in [6, 6.07) is 10.6. The Kier molecular flexibility index (Phi) is 7.10. The first-order valence-electron chi connectivity index (χ1n) is 8.40. The molecule has 2 aromatic carbocycles. The molecular weight excluding hydrogens is 405 g/mol. The van der Waals surface area contributed by atoms with E-state index in [-0.39, 0.29) is 12.6 Å². The normalized spacial score (nSPS) is 13.4. The van der Waals surface area contributed by atoms with Crippen molar-refractivity contribution in [1.82, 2.24) is 0 Å². The maximum atomic E-state index is 13.1. The van der Waals surface area contributed by atoms with Crippen molar-refractivity contribution >= 4 is 13.3 Å². The minimum Gasteiger partial charge on any atom is -0.318 e. The van der Waals surface area contributed by atoms with Gasteiger partial charge in [0.25, 0.3) is 0 Å². The van der Waals surface area contributed by atoms with E-state index in [1.165, 1.54) is 0 Å². The maximum Gasteiger partial charge on any atom is 0.417 e. The summed E-state index contributed by atoms with van der Waals surface area (Å²) >= 11 is 0. The highest BCUT2D eigenvalue weighted by Crippen LogP contribution is 2.43. The first-order valence-corrected chi connectivity index (χ1v) is 10.0. The molecule has 0 aliphatic carbocycles. The van der Waals surface area contributed by atoms with Gasteiger partial charge in [-0.3, -0.25) is 4.79 Å². The maximum absolute atomic E-state index is 13.1. The van der Waals surface area contributed by atoms with Crippen LogP contribution >= 0.6 is 7.80 Å². The fourth-order valence-corrected chi connectivity index (χ4v) is 4.13. The molecule has 9 heteroatoms. The molecule has 0 spiro atoms. The lowest BCUT2D eigenvalue weighted by atomic mass is 10.0. The molecule has 2 aromatic rings. The van der Waals surface area contributed by atoms with Gasteiger partial charge in [-0.05, 0) is 37.0 Å². The summed E-state index contributed by atoms with van der Waals surface area (Å²) in [5.74, 6) is 0. The van der Waals surface area contributed by atoms with E-state index in [9.17, 15) is 35.7 Å². The van der Waals surface area contributed by atoms with Crippen molar-refractivity contribution in [2.24, 2.45) is 0 Å². The van der Waals surface area contributed by atoms with Crippen LogP contribution < -0.4 is 0 Å². The van der Waals surface area contributed by atoms with Crippen LogP contribution in [0.4, 0.5) is 26.3 Å². The van der Waals surface area contributed by atoms with Crippen molar-refractivity contribution in [1.29, 1.82) is 0 Å². The van der Waals surface area contributed by atoms with Gasteiger partial charge in [-0.1, -0.05) is 36.4 Å². The smallest absolute Gasteiger partial charge is 0.318 e. The molecule has 0 radical (unpaired) electrons. The zero-order chi connectivity index (χ0) is 20.9. The third kappa shape index (κ3) is 5.71. The van der Waals surface area contributed by atoms with E-state index < -0.39 is 42.4 Å². The molecule has 1 atom stereocenters. The van der Waals surface area contributed by atoms with Gasteiger partial charge in [0.2, 0.25) is 5.52 Å². The summed E-state index contributed by atoms with van der Waals surface area (Å²) in [6.07, 6.45) is -9.19. The Morgan fingerprint density at radius 3 is 1.82 bits per heavy atom. The Bertz CT molecular complexity index is 811. The summed E-state index contributed by atoms with van der Waals surface area (Å²) in [5, 5.41) is 0. The van der Waals surface area contributed by atoms with E-state index in [1.54, 1.807) is 0 Å². The zero-order valence-corrected chi connectivity index (χ0v) is 15.5. The summed E-state index contributed by atoms with van der Waals surface area (Å²) in [5.41, 5.74) is -5.56. The van der Waals surface area contributed by atoms with Crippen LogP contribution in [0.2, 0.25) is 0 Å². The second kappa shape index (κ2) is 8.95. The van der Waals surface area contributed by atoms with Crippen LogP contribution in [0.1, 0.15) is 39.9 Å². The molecule has 28 heavy (non-hydrogen) atoms. The second-order valence-corrected chi connectivity index (χ2v) is 7.97. The Morgan fingerprint density at radius 2 is 1.32 bits per heavy atom. The average Bonchev–Trinajstić information content (AvgIpc) is 2.63. The lowest BCUT2D eigenvalue weighted by Crippen LogP contribution is -2.19. The van der Waals surface area contributed by atoms with E-state index in [2.05, 4.69) is 0 Å². The quantitative estimate of drug-likeness (QED) is 0.292. The number of carbonyl (C=O) groups is 1. The van der Waals surface area contributed by atoms with Crippen LogP contribution in [-0.2, 0) is 23.3 Å². The topological polar surface area (TPSA) is 34.1 Å². The number of hydrogen-bond donors (Lipinski definition) is 0. The van der Waals surface area contributed by atoms with E-state index >= 15 is 0 Å². The van der Waals surface area contributed by atoms with Crippen molar-refractivity contribution in [3.63, 3.8) is 0 Å². The molecule has 0 fully saturated rings. The van der Waals surface area contributed by atoms with E-state index in [0.717, 1.165) is 5.56 Å². The van der Waals surface area contributed by atoms with Gasteiger partial charge in [0.15, 0.2) is 0 Å². The molecule has 0 heterocycles. The van der Waals surface area contributed by atoms with Crippen molar-refractivity contribution in [2.45, 2.75) is 31.6 Å². The van der Waals surface area contributed by atoms with Gasteiger partial charge in [-0.2, -0.15) is 26.3 Å². The van der Waals surface area contributed by atoms with Crippen LogP contribution in [0.25, 0.3) is 0 Å². The number of carbonyl (C=O) groups excluding carboxylic acids is 1. The molecular formula is C19H17F6O2P. The predicted molar refractivity (Wildman–Crippen MR) is 94.0 cm³/mol. The molecule has 0 saturated carbocycles. The third-order valence-electron chi connectivity index (χ3n) is 4.12. The molecule has 2 nitrogen and oxygen atoms in total. The first-order chi connectivity index (χ1) is 13.0. The van der Waals surface area contributed by atoms with Crippen molar-refractivity contribution < 1.29 is 35.7 Å². The number of unbranched alkanes of at least 4 members (excludes halogenated alkanes) is 1. The molecule has 0 amide bonds. The molecule has 0 bridgehead atoms. The van der Waals surface area contributed by atoms with Crippen molar-refractivity contribution in [3.05, 3.63) is 70.8 Å². The predicted octanol–water partition coefficient (Wildman–Crippen LogP) is 6.45. The van der Waals surface area contributed by atoms with Crippen LogP contribution in [0, 0.1) is 0 Å². The number of halogens is 6. The highest BCUT2D eigenvalue weighted by atomic mass is 31.1. The molecule has 2 rings (SSSR count). The van der Waals surface area contributed by atoms with E-state index in [0.29, 0.717) is 31.0 Å². The van der Waals surface area contributed by atoms with Crippen LogP contribution in [0.3, 0.4) is 0 Å². The molecule has 0 aliphatic rings. The average molecular weight is 422 g/mol. The molecule has 0 aromatic heterocycles. The Balaban J connectivity index is 2.16. The number of benzene rings is 2. The minimum atomic E-state index is -5.16. The SMILES string of the molecule is O=C(c1c(C(F)(F)F)cccc1C(F)(F)F)[PH](=O)CCCCc1ccccc1. The van der Waals surface area contributed by atoms with Gasteiger partial charge in [0.05, 0.1) is 11.1 Å². The number of hydrogen-bond acceptors (Lipinski definition) is 2. The first kappa shape index (κ1) is 22.2. The fraction of sp³-hybridized carbons (Fsp3) is 0.316. The van der Waals surface area contributed by atoms with E-state index in [1.807, 2.05) is 30.3 Å². The summed E-state index contributed by atoms with van der Waals surface area (Å²) < 4.78 is 91.0. The number of alkyl halides is 6. The van der Waals surface area contributed by atoms with Gasteiger partial charge in [-0.15, -0.1) is 0 Å². The van der Waals surface area contributed by atoms with Crippen LogP contribution in [0.15, 0.2) is 48.5 Å². The second-order valence-electron chi connectivity index (χ2n) is 6.17. The number of aryl methyl sites for hydroxylation is 1. The summed E-state index contributed by atoms with van der Waals surface area (Å²) in [7, 11) is -3.33. The highest BCUT2D eigenvalue weighted by Gasteiger charge is 2.43. The molecule has 1 unspecified atom stereocenters. The van der Waals surface area contributed by atoms with Crippen molar-refractivity contribution in [2.75, 3.05) is 6.16 Å². The van der Waals surface area contributed by atoms with Gasteiger partial charge >= 0.3 is 12.4 Å². The fourth-order valence-electron chi connectivity index (χ4n) is 2.78. The van der Waals surface area contributed by atoms with Gasteiger partial charge < -0.3 is 4.57 Å². The molecule has 152 valence electrons. The highest BCUT2D eigenvalue weighted by molar-refractivity contribution is 7.64. The molecule has 0 saturated heterocycles. The van der Waals surface area contributed by atoms with Crippen LogP contribution in [-0.4, -0.2) is 11.7 Å². The van der Waals surface area contributed by atoms with Gasteiger partial charge in [0, 0.05) is 11.7 Å². The van der Waals surface area contributed by atoms with Gasteiger partial charge in [-0.25, -0.2) is 0 Å². The lowest BCUT2D eigenvalue weighted by molar-refractivity contribution is -0.143. The van der Waals surface area contributed by atoms with E-state index in [4.69, 9.17) is 0 Å². The molecule has 0 N–H and O–H groups in total. The Morgan fingerprint density at radius 1 is 0.786 bits per heavy atom. The Hall–Kier alpha value is -2.08. The third-order valence-corrected chi connectivity index (χ3v) is 5.68. The van der Waals surface area contributed by atoms with Crippen LogP contribution in [0.5, 0.6) is 0 Å². The largest absolute Gasteiger partial charge is 0.417 e. The summed E-state index contributed by atoms with van der Waals surface area (Å²) in [6.45, 7) is 0.